The van der Waals surface area contributed by atoms with Gasteiger partial charge in [0.1, 0.15) is 11.4 Å². The zero-order chi connectivity index (χ0) is 11.4. The number of carboxylic acids is 1. The van der Waals surface area contributed by atoms with Crippen LogP contribution in [0.25, 0.3) is 0 Å². The van der Waals surface area contributed by atoms with Gasteiger partial charge in [-0.05, 0) is 12.1 Å². The molecule has 0 heterocycles. The largest absolute Gasteiger partial charge is 0.478 e. The van der Waals surface area contributed by atoms with Gasteiger partial charge in [0.15, 0.2) is 0 Å². The summed E-state index contributed by atoms with van der Waals surface area (Å²) in [6.45, 7) is -0.296. The van der Waals surface area contributed by atoms with E-state index >= 15 is 0 Å². The lowest BCUT2D eigenvalue weighted by atomic mass is 10.1. The smallest absolute Gasteiger partial charge is 0.340 e. The van der Waals surface area contributed by atoms with Crippen molar-refractivity contribution in [2.75, 3.05) is 11.9 Å². The average molecular weight is 212 g/mol. The van der Waals surface area contributed by atoms with Gasteiger partial charge in [0.05, 0.1) is 12.2 Å². The molecule has 0 atom stereocenters. The van der Waals surface area contributed by atoms with Gasteiger partial charge in [-0.2, -0.15) is 0 Å². The zero-order valence-corrected chi connectivity index (χ0v) is 7.66. The molecule has 0 aliphatic carbocycles. The molecular weight excluding hydrogens is 203 g/mol. The number of carboxylic acid groups (broad SMARTS) is 1. The Morgan fingerprint density at radius 1 is 1.47 bits per heavy atom. The van der Waals surface area contributed by atoms with Crippen molar-refractivity contribution < 1.29 is 19.1 Å². The van der Waals surface area contributed by atoms with E-state index in [0.29, 0.717) is 0 Å². The van der Waals surface area contributed by atoms with E-state index in [1.165, 1.54) is 12.1 Å². The van der Waals surface area contributed by atoms with E-state index in [4.69, 9.17) is 10.8 Å². The molecule has 0 spiro atoms. The molecule has 0 aliphatic heterocycles. The van der Waals surface area contributed by atoms with Gasteiger partial charge in [-0.1, -0.05) is 6.07 Å². The van der Waals surface area contributed by atoms with Crippen LogP contribution in [-0.4, -0.2) is 23.5 Å². The predicted molar refractivity (Wildman–Crippen MR) is 51.0 cm³/mol. The van der Waals surface area contributed by atoms with Crippen molar-refractivity contribution in [3.8, 4) is 0 Å². The highest BCUT2D eigenvalue weighted by Gasteiger charge is 2.16. The lowest BCUT2D eigenvalue weighted by Crippen LogP contribution is -2.23. The predicted octanol–water partition coefficient (Wildman–Crippen LogP) is 0.421. The van der Waals surface area contributed by atoms with Crippen LogP contribution < -0.4 is 11.1 Å². The third-order valence-electron chi connectivity index (χ3n) is 1.69. The molecule has 0 saturated carbocycles. The number of halogens is 1. The molecule has 1 aromatic rings. The van der Waals surface area contributed by atoms with Crippen LogP contribution >= 0.6 is 0 Å². The van der Waals surface area contributed by atoms with Crippen LogP contribution in [0.15, 0.2) is 18.2 Å². The molecule has 1 aromatic carbocycles. The Bertz CT molecular complexity index is 406. The summed E-state index contributed by atoms with van der Waals surface area (Å²) in [4.78, 5) is 21.6. The molecule has 0 bridgehead atoms. The monoisotopic (exact) mass is 212 g/mol. The Labute approximate surface area is 84.7 Å². The van der Waals surface area contributed by atoms with Gasteiger partial charge in [0, 0.05) is 0 Å². The van der Waals surface area contributed by atoms with Crippen molar-refractivity contribution in [1.29, 1.82) is 0 Å². The Kier molecular flexibility index (Phi) is 3.35. The maximum Gasteiger partial charge on any atom is 0.340 e. The normalized spacial score (nSPS) is 9.73. The quantitative estimate of drug-likeness (QED) is 0.677. The Balaban J connectivity index is 3.11. The molecule has 6 heteroatoms. The number of anilines is 1. The molecule has 0 fully saturated rings. The minimum Gasteiger partial charge on any atom is -0.478 e. The highest BCUT2D eigenvalue weighted by molar-refractivity contribution is 6.01. The summed E-state index contributed by atoms with van der Waals surface area (Å²) in [6.07, 6.45) is 0. The van der Waals surface area contributed by atoms with Crippen molar-refractivity contribution in [1.82, 2.24) is 0 Å². The standard InChI is InChI=1S/C9H9FN2O3/c10-5-2-1-3-6(8(5)9(14)15)12-7(13)4-11/h1-3H,4,11H2,(H,12,13)(H,14,15). The van der Waals surface area contributed by atoms with E-state index in [9.17, 15) is 14.0 Å². The minimum absolute atomic E-state index is 0.0991. The third-order valence-corrected chi connectivity index (χ3v) is 1.69. The number of nitrogens with one attached hydrogen (secondary N) is 1. The maximum absolute atomic E-state index is 13.1. The fraction of sp³-hybridized carbons (Fsp3) is 0.111. The van der Waals surface area contributed by atoms with E-state index in [2.05, 4.69) is 5.32 Å². The van der Waals surface area contributed by atoms with Crippen LogP contribution in [0.5, 0.6) is 0 Å². The molecule has 0 saturated heterocycles. The molecule has 0 aromatic heterocycles. The molecule has 0 unspecified atom stereocenters. The lowest BCUT2D eigenvalue weighted by molar-refractivity contribution is -0.114. The highest BCUT2D eigenvalue weighted by atomic mass is 19.1. The fourth-order valence-electron chi connectivity index (χ4n) is 1.05. The second kappa shape index (κ2) is 4.52. The topological polar surface area (TPSA) is 92.4 Å². The number of hydrogen-bond donors (Lipinski definition) is 3. The molecule has 1 amide bonds. The summed E-state index contributed by atoms with van der Waals surface area (Å²) >= 11 is 0. The molecular formula is C9H9FN2O3. The van der Waals surface area contributed by atoms with Gasteiger partial charge >= 0.3 is 5.97 Å². The van der Waals surface area contributed by atoms with Gasteiger partial charge in [-0.3, -0.25) is 4.79 Å². The Morgan fingerprint density at radius 3 is 2.67 bits per heavy atom. The molecule has 15 heavy (non-hydrogen) atoms. The summed E-state index contributed by atoms with van der Waals surface area (Å²) < 4.78 is 13.1. The van der Waals surface area contributed by atoms with E-state index in [1.54, 1.807) is 0 Å². The molecule has 5 nitrogen and oxygen atoms in total. The average Bonchev–Trinajstić information content (AvgIpc) is 2.17. The van der Waals surface area contributed by atoms with Crippen molar-refractivity contribution in [2.24, 2.45) is 5.73 Å². The van der Waals surface area contributed by atoms with Crippen molar-refractivity contribution >= 4 is 17.6 Å². The first-order valence-corrected chi connectivity index (χ1v) is 4.08. The number of carbonyl (C=O) groups excluding carboxylic acids is 1. The zero-order valence-electron chi connectivity index (χ0n) is 7.66. The second-order valence-electron chi connectivity index (χ2n) is 2.72. The summed E-state index contributed by atoms with van der Waals surface area (Å²) in [5, 5.41) is 10.9. The van der Waals surface area contributed by atoms with Crippen LogP contribution in [0.4, 0.5) is 10.1 Å². The molecule has 80 valence electrons. The Hall–Kier alpha value is -1.95. The van der Waals surface area contributed by atoms with Gasteiger partial charge in [-0.25, -0.2) is 9.18 Å². The number of amides is 1. The first-order chi connectivity index (χ1) is 7.06. The SMILES string of the molecule is NCC(=O)Nc1cccc(F)c1C(=O)O. The number of aromatic carboxylic acids is 1. The third kappa shape index (κ3) is 2.50. The van der Waals surface area contributed by atoms with Crippen LogP contribution in [0, 0.1) is 5.82 Å². The molecule has 0 aliphatic rings. The van der Waals surface area contributed by atoms with Crippen molar-refractivity contribution in [3.63, 3.8) is 0 Å². The summed E-state index contributed by atoms with van der Waals surface area (Å²) in [7, 11) is 0. The first kappa shape index (κ1) is 11.1. The maximum atomic E-state index is 13.1. The number of rotatable bonds is 3. The number of carbonyl (C=O) groups is 2. The van der Waals surface area contributed by atoms with E-state index in [1.807, 2.05) is 0 Å². The fourth-order valence-corrected chi connectivity index (χ4v) is 1.05. The molecule has 0 radical (unpaired) electrons. The van der Waals surface area contributed by atoms with Crippen LogP contribution in [0.2, 0.25) is 0 Å². The summed E-state index contributed by atoms with van der Waals surface area (Å²) in [6, 6.07) is 3.59. The van der Waals surface area contributed by atoms with Gasteiger partial charge < -0.3 is 16.2 Å². The van der Waals surface area contributed by atoms with Crippen molar-refractivity contribution in [2.45, 2.75) is 0 Å². The number of benzene rings is 1. The van der Waals surface area contributed by atoms with Crippen LogP contribution in [0.1, 0.15) is 10.4 Å². The Morgan fingerprint density at radius 2 is 2.13 bits per heavy atom. The van der Waals surface area contributed by atoms with Crippen molar-refractivity contribution in [3.05, 3.63) is 29.6 Å². The van der Waals surface area contributed by atoms with Crippen LogP contribution in [0.3, 0.4) is 0 Å². The van der Waals surface area contributed by atoms with Gasteiger partial charge in [0.2, 0.25) is 5.91 Å². The number of nitrogens with two attached hydrogens (primary N) is 1. The van der Waals surface area contributed by atoms with E-state index < -0.39 is 23.3 Å². The minimum atomic E-state index is -1.44. The lowest BCUT2D eigenvalue weighted by Gasteiger charge is -2.07. The molecule has 4 N–H and O–H groups in total. The second-order valence-corrected chi connectivity index (χ2v) is 2.72. The molecule has 1 rings (SSSR count). The first-order valence-electron chi connectivity index (χ1n) is 4.08. The number of hydrogen-bond acceptors (Lipinski definition) is 3. The van der Waals surface area contributed by atoms with E-state index in [-0.39, 0.29) is 12.2 Å². The van der Waals surface area contributed by atoms with Gasteiger partial charge in [-0.15, -0.1) is 0 Å². The highest BCUT2D eigenvalue weighted by Crippen LogP contribution is 2.18. The van der Waals surface area contributed by atoms with Gasteiger partial charge in [0.25, 0.3) is 0 Å². The van der Waals surface area contributed by atoms with E-state index in [0.717, 1.165) is 6.07 Å². The van der Waals surface area contributed by atoms with Crippen LogP contribution in [-0.2, 0) is 4.79 Å². The summed E-state index contributed by atoms with van der Waals surface area (Å²) in [5.74, 6) is -2.93. The summed E-state index contributed by atoms with van der Waals surface area (Å²) in [5.41, 5.74) is 4.36.